The number of carbonyl (C=O) groups is 2. The van der Waals surface area contributed by atoms with E-state index in [4.69, 9.17) is 0 Å². The number of nitrogens with zero attached hydrogens (tertiary/aromatic N) is 6. The summed E-state index contributed by atoms with van der Waals surface area (Å²) >= 11 is 0. The van der Waals surface area contributed by atoms with Crippen molar-refractivity contribution < 1.29 is 14.7 Å². The van der Waals surface area contributed by atoms with E-state index in [1.807, 2.05) is 31.6 Å². The number of aromatic nitrogens is 6. The average Bonchev–Trinajstić information content (AvgIpc) is 3.28. The highest BCUT2D eigenvalue weighted by atomic mass is 16.4. The maximum atomic E-state index is 12.6. The molecule has 148 valence electrons. The fourth-order valence-corrected chi connectivity index (χ4v) is 3.15. The number of carboxylic acid groups (broad SMARTS) is 1. The summed E-state index contributed by atoms with van der Waals surface area (Å²) in [6.07, 6.45) is 3.21. The van der Waals surface area contributed by atoms with Crippen LogP contribution < -0.4 is 5.32 Å². The fourth-order valence-electron chi connectivity index (χ4n) is 3.15. The van der Waals surface area contributed by atoms with Gasteiger partial charge in [0.15, 0.2) is 5.69 Å². The molecule has 0 saturated heterocycles. The lowest BCUT2D eigenvalue weighted by Crippen LogP contribution is -2.16. The molecule has 0 aliphatic carbocycles. The van der Waals surface area contributed by atoms with E-state index in [0.717, 1.165) is 23.5 Å². The minimum absolute atomic E-state index is 0.00150. The van der Waals surface area contributed by atoms with Crippen molar-refractivity contribution in [3.05, 3.63) is 46.3 Å². The molecule has 0 saturated carbocycles. The van der Waals surface area contributed by atoms with Gasteiger partial charge in [0, 0.05) is 31.0 Å². The minimum atomic E-state index is -1.25. The molecule has 3 aromatic heterocycles. The zero-order chi connectivity index (χ0) is 20.6. The van der Waals surface area contributed by atoms with Gasteiger partial charge in [0.1, 0.15) is 0 Å². The van der Waals surface area contributed by atoms with E-state index in [1.165, 1.54) is 10.9 Å². The van der Waals surface area contributed by atoms with Crippen molar-refractivity contribution >= 4 is 17.6 Å². The number of carbonyl (C=O) groups excluding carboxylic acids is 1. The molecule has 10 heteroatoms. The van der Waals surface area contributed by atoms with Gasteiger partial charge in [-0.15, -0.1) is 0 Å². The van der Waals surface area contributed by atoms with E-state index in [2.05, 4.69) is 20.6 Å². The highest BCUT2D eigenvalue weighted by molar-refractivity contribution is 6.10. The van der Waals surface area contributed by atoms with E-state index in [1.54, 1.807) is 18.7 Å². The monoisotopic (exact) mass is 385 g/mol. The van der Waals surface area contributed by atoms with Gasteiger partial charge in [0.25, 0.3) is 5.91 Å². The molecule has 0 fully saturated rings. The smallest absolute Gasteiger partial charge is 0.357 e. The quantitative estimate of drug-likeness (QED) is 0.667. The van der Waals surface area contributed by atoms with Gasteiger partial charge in [-0.2, -0.15) is 15.3 Å². The van der Waals surface area contributed by atoms with Crippen LogP contribution in [0.1, 0.15) is 50.4 Å². The number of anilines is 1. The first kappa shape index (κ1) is 19.3. The van der Waals surface area contributed by atoms with Crippen molar-refractivity contribution in [2.75, 3.05) is 5.32 Å². The van der Waals surface area contributed by atoms with Gasteiger partial charge in [-0.05, 0) is 27.7 Å². The van der Waals surface area contributed by atoms with Crippen LogP contribution in [0.5, 0.6) is 0 Å². The number of hydrogen-bond acceptors (Lipinski definition) is 5. The third-order valence-corrected chi connectivity index (χ3v) is 4.72. The van der Waals surface area contributed by atoms with E-state index < -0.39 is 11.9 Å². The summed E-state index contributed by atoms with van der Waals surface area (Å²) in [6.45, 7) is 9.02. The van der Waals surface area contributed by atoms with Gasteiger partial charge in [0.2, 0.25) is 0 Å². The molecule has 3 heterocycles. The summed E-state index contributed by atoms with van der Waals surface area (Å²) < 4.78 is 5.02. The maximum absolute atomic E-state index is 12.6. The van der Waals surface area contributed by atoms with Crippen LogP contribution in [0.4, 0.5) is 5.69 Å². The number of amides is 1. The first-order valence-electron chi connectivity index (χ1n) is 8.86. The van der Waals surface area contributed by atoms with Crippen LogP contribution in [0.15, 0.2) is 12.4 Å². The molecule has 0 aliphatic rings. The first-order chi connectivity index (χ1) is 13.2. The molecule has 0 bridgehead atoms. The molecule has 0 aliphatic heterocycles. The lowest BCUT2D eigenvalue weighted by molar-refractivity contribution is 0.0685. The Morgan fingerprint density at radius 3 is 2.46 bits per heavy atom. The van der Waals surface area contributed by atoms with Crippen molar-refractivity contribution in [1.29, 1.82) is 0 Å². The van der Waals surface area contributed by atoms with Crippen molar-refractivity contribution in [3.63, 3.8) is 0 Å². The predicted molar refractivity (Wildman–Crippen MR) is 102 cm³/mol. The second-order valence-corrected chi connectivity index (χ2v) is 6.60. The number of carboxylic acids is 1. The normalized spacial score (nSPS) is 11.0. The summed E-state index contributed by atoms with van der Waals surface area (Å²) in [5.41, 5.74) is 3.81. The topological polar surface area (TPSA) is 120 Å². The summed E-state index contributed by atoms with van der Waals surface area (Å²) in [4.78, 5) is 24.0. The number of aryl methyl sites for hydroxylation is 3. The molecule has 0 aromatic carbocycles. The van der Waals surface area contributed by atoms with Gasteiger partial charge in [-0.1, -0.05) is 0 Å². The third kappa shape index (κ3) is 3.40. The fraction of sp³-hybridized carbons (Fsp3) is 0.389. The summed E-state index contributed by atoms with van der Waals surface area (Å²) in [6, 6.07) is 0. The van der Waals surface area contributed by atoms with Crippen molar-refractivity contribution in [2.45, 2.75) is 40.8 Å². The molecule has 2 N–H and O–H groups in total. The SMILES string of the molecule is CCn1ncc(Cn2nc(C)c(NC(=O)c3cn(C)nc3C(=O)O)c2C)c1C. The van der Waals surface area contributed by atoms with Crippen LogP contribution in [0, 0.1) is 20.8 Å². The van der Waals surface area contributed by atoms with Crippen LogP contribution in [0.2, 0.25) is 0 Å². The highest BCUT2D eigenvalue weighted by Crippen LogP contribution is 2.22. The zero-order valence-corrected chi connectivity index (χ0v) is 16.5. The first-order valence-corrected chi connectivity index (χ1v) is 8.86. The molecule has 3 rings (SSSR count). The molecule has 0 radical (unpaired) electrons. The molecule has 3 aromatic rings. The van der Waals surface area contributed by atoms with E-state index in [0.29, 0.717) is 17.9 Å². The van der Waals surface area contributed by atoms with Gasteiger partial charge in [-0.25, -0.2) is 4.79 Å². The van der Waals surface area contributed by atoms with Crippen molar-refractivity contribution in [1.82, 2.24) is 29.3 Å². The molecule has 0 atom stereocenters. The Balaban J connectivity index is 1.87. The summed E-state index contributed by atoms with van der Waals surface area (Å²) in [7, 11) is 1.57. The average molecular weight is 385 g/mol. The maximum Gasteiger partial charge on any atom is 0.357 e. The number of hydrogen-bond donors (Lipinski definition) is 2. The van der Waals surface area contributed by atoms with Gasteiger partial charge < -0.3 is 10.4 Å². The molecule has 1 amide bonds. The second kappa shape index (κ2) is 7.29. The number of nitrogens with one attached hydrogen (secondary N) is 1. The summed E-state index contributed by atoms with van der Waals surface area (Å²) in [5, 5.41) is 24.7. The Bertz CT molecular complexity index is 1060. The Hall–Kier alpha value is -3.43. The predicted octanol–water partition coefficient (Wildman–Crippen LogP) is 1.76. The van der Waals surface area contributed by atoms with Crippen molar-refractivity contribution in [2.24, 2.45) is 7.05 Å². The molecule has 28 heavy (non-hydrogen) atoms. The van der Waals surface area contributed by atoms with Crippen molar-refractivity contribution in [3.8, 4) is 0 Å². The minimum Gasteiger partial charge on any atom is -0.476 e. The van der Waals surface area contributed by atoms with Crippen LogP contribution in [0.3, 0.4) is 0 Å². The Kier molecular flexibility index (Phi) is 5.04. The lowest BCUT2D eigenvalue weighted by atomic mass is 10.2. The lowest BCUT2D eigenvalue weighted by Gasteiger charge is -2.07. The van der Waals surface area contributed by atoms with Gasteiger partial charge in [0.05, 0.1) is 35.4 Å². The van der Waals surface area contributed by atoms with Crippen LogP contribution in [-0.2, 0) is 20.1 Å². The Morgan fingerprint density at radius 2 is 1.86 bits per heavy atom. The summed E-state index contributed by atoms with van der Waals surface area (Å²) in [5.74, 6) is -1.79. The van der Waals surface area contributed by atoms with E-state index >= 15 is 0 Å². The number of aromatic carboxylic acids is 1. The largest absolute Gasteiger partial charge is 0.476 e. The zero-order valence-electron chi connectivity index (χ0n) is 16.5. The molecular weight excluding hydrogens is 362 g/mol. The van der Waals surface area contributed by atoms with Gasteiger partial charge in [-0.3, -0.25) is 18.8 Å². The highest BCUT2D eigenvalue weighted by Gasteiger charge is 2.23. The number of rotatable bonds is 6. The standard InChI is InChI=1S/C18H23N7O3/c1-6-24-11(3)13(7-19-24)8-25-12(4)15(10(2)21-25)20-17(26)14-9-23(5)22-16(14)18(27)28/h7,9H,6,8H2,1-5H3,(H,20,26)(H,27,28). The molecule has 0 spiro atoms. The van der Waals surface area contributed by atoms with Crippen LogP contribution in [-0.4, -0.2) is 46.3 Å². The Morgan fingerprint density at radius 1 is 1.14 bits per heavy atom. The molecule has 10 nitrogen and oxygen atoms in total. The molecular formula is C18H23N7O3. The third-order valence-electron chi connectivity index (χ3n) is 4.72. The van der Waals surface area contributed by atoms with Crippen LogP contribution in [0.25, 0.3) is 0 Å². The van der Waals surface area contributed by atoms with E-state index in [9.17, 15) is 14.7 Å². The Labute approximate surface area is 161 Å². The van der Waals surface area contributed by atoms with Gasteiger partial charge >= 0.3 is 5.97 Å². The molecule has 0 unspecified atom stereocenters. The van der Waals surface area contributed by atoms with Crippen LogP contribution >= 0.6 is 0 Å². The second-order valence-electron chi connectivity index (χ2n) is 6.60. The van der Waals surface area contributed by atoms with E-state index in [-0.39, 0.29) is 11.3 Å².